The lowest BCUT2D eigenvalue weighted by molar-refractivity contribution is -0.107. The Morgan fingerprint density at radius 2 is 1.57 bits per heavy atom. The fraction of sp³-hybridized carbons (Fsp3) is 0.396. The zero-order valence-electron chi connectivity index (χ0n) is 36.9. The van der Waals surface area contributed by atoms with Crippen LogP contribution in [0.4, 0.5) is 21.9 Å². The minimum Gasteiger partial charge on any atom is -0.372 e. The molecule has 3 aromatic carbocycles. The number of aryl methyl sites for hydroxylation is 1. The Bertz CT molecular complexity index is 2530. The first-order valence-electron chi connectivity index (χ1n) is 21.9. The number of aromatic amines is 1. The number of aldehydes is 1. The number of piperazine rings is 1. The average molecular weight is 852 g/mol. The van der Waals surface area contributed by atoms with Crippen molar-refractivity contribution >= 4 is 46.3 Å². The molecule has 0 radical (unpaired) electrons. The quantitative estimate of drug-likeness (QED) is 0.103. The summed E-state index contributed by atoms with van der Waals surface area (Å²) in [4.78, 5) is 62.2. The molecule has 2 saturated heterocycles. The molecule has 0 aliphatic carbocycles. The third-order valence-electron chi connectivity index (χ3n) is 12.3. The number of rotatable bonds is 13. The number of urea groups is 1. The van der Waals surface area contributed by atoms with Gasteiger partial charge in [0.1, 0.15) is 18.3 Å². The van der Waals surface area contributed by atoms with Crippen LogP contribution in [0.25, 0.3) is 33.5 Å². The highest BCUT2D eigenvalue weighted by Crippen LogP contribution is 2.33. The van der Waals surface area contributed by atoms with Gasteiger partial charge in [0.25, 0.3) is 0 Å². The lowest BCUT2D eigenvalue weighted by Crippen LogP contribution is -2.49. The highest BCUT2D eigenvalue weighted by atomic mass is 16.5. The molecular weight excluding hydrogens is 795 g/mol. The molecule has 2 aliphatic heterocycles. The predicted molar refractivity (Wildman–Crippen MR) is 246 cm³/mol. The molecule has 5 heterocycles. The first-order chi connectivity index (χ1) is 30.5. The Morgan fingerprint density at radius 1 is 0.889 bits per heavy atom. The smallest absolute Gasteiger partial charge is 0.321 e. The number of carbonyl (C=O) groups is 3. The van der Waals surface area contributed by atoms with Crippen LogP contribution in [-0.2, 0) is 16.8 Å². The van der Waals surface area contributed by atoms with E-state index < -0.39 is 5.91 Å². The summed E-state index contributed by atoms with van der Waals surface area (Å²) in [6.07, 6.45) is 5.04. The summed E-state index contributed by atoms with van der Waals surface area (Å²) in [6.45, 7) is 15.9. The van der Waals surface area contributed by atoms with Crippen molar-refractivity contribution in [1.82, 2.24) is 40.6 Å². The Morgan fingerprint density at radius 3 is 2.22 bits per heavy atom. The van der Waals surface area contributed by atoms with Gasteiger partial charge in [-0.25, -0.2) is 14.8 Å². The van der Waals surface area contributed by atoms with Gasteiger partial charge in [-0.1, -0.05) is 50.2 Å². The third kappa shape index (κ3) is 9.88. The van der Waals surface area contributed by atoms with Crippen molar-refractivity contribution in [3.63, 3.8) is 0 Å². The number of piperidine rings is 1. The summed E-state index contributed by atoms with van der Waals surface area (Å²) >= 11 is 0. The molecule has 328 valence electrons. The molecule has 0 spiro atoms. The molecule has 8 rings (SSSR count). The van der Waals surface area contributed by atoms with Gasteiger partial charge in [0, 0.05) is 111 Å². The van der Waals surface area contributed by atoms with Gasteiger partial charge < -0.3 is 34.7 Å². The maximum absolute atomic E-state index is 12.7. The molecule has 0 saturated carbocycles. The monoisotopic (exact) mass is 851 g/mol. The standard InChI is InChI=1S/C48H57N11O4/c1-32-27-35(7-8-36(32)29-50-44(61)45-54-46(55-63-45)48(2,3)4)42-40-28-41(53-43(40)52-31-51-42)34-9-11-37(12-10-34)58-24-22-56(23-25-58)30-33-17-20-57(21-18-33)38-13-15-39(16-14-38)59(19-6-26-60)47(62)49-5/h7-16,26-28,31,33H,6,17-25,29-30H2,1-5H3,(H,49,62)(H,50,61)(H,51,52,53). The molecule has 0 bridgehead atoms. The number of aromatic nitrogens is 5. The van der Waals surface area contributed by atoms with Gasteiger partial charge in [0.05, 0.1) is 5.69 Å². The van der Waals surface area contributed by atoms with E-state index in [1.54, 1.807) is 18.3 Å². The second-order valence-electron chi connectivity index (χ2n) is 17.6. The Balaban J connectivity index is 0.821. The SMILES string of the molecule is CNC(=O)N(CCC=O)c1ccc(N2CCC(CN3CCN(c4ccc(-c5cc6c(-c7ccc(CNC(=O)c8nc(C(C)(C)C)no8)c(C)c7)ncnc6[nH]5)cc4)CC3)CC2)cc1. The molecule has 3 amide bonds. The highest BCUT2D eigenvalue weighted by Gasteiger charge is 2.26. The summed E-state index contributed by atoms with van der Waals surface area (Å²) in [6, 6.07) is 24.9. The van der Waals surface area contributed by atoms with Gasteiger partial charge in [0.15, 0.2) is 5.82 Å². The van der Waals surface area contributed by atoms with Crippen molar-refractivity contribution in [2.24, 2.45) is 5.92 Å². The lowest BCUT2D eigenvalue weighted by Gasteiger charge is -2.40. The number of amides is 3. The number of nitrogens with one attached hydrogen (secondary N) is 3. The van der Waals surface area contributed by atoms with E-state index in [1.807, 2.05) is 52.0 Å². The minimum atomic E-state index is -0.404. The molecular formula is C48H57N11O4. The summed E-state index contributed by atoms with van der Waals surface area (Å²) in [5.41, 5.74) is 9.53. The first-order valence-corrected chi connectivity index (χ1v) is 21.9. The molecule has 2 aliphatic rings. The van der Waals surface area contributed by atoms with Crippen LogP contribution in [0.1, 0.15) is 67.7 Å². The fourth-order valence-corrected chi connectivity index (χ4v) is 8.53. The third-order valence-corrected chi connectivity index (χ3v) is 12.3. The van der Waals surface area contributed by atoms with E-state index in [9.17, 15) is 14.4 Å². The van der Waals surface area contributed by atoms with Gasteiger partial charge in [-0.05, 0) is 90.9 Å². The van der Waals surface area contributed by atoms with Crippen LogP contribution in [0.2, 0.25) is 0 Å². The Hall–Kier alpha value is -6.61. The van der Waals surface area contributed by atoms with Crippen molar-refractivity contribution in [3.05, 3.63) is 102 Å². The van der Waals surface area contributed by atoms with Gasteiger partial charge in [0.2, 0.25) is 0 Å². The van der Waals surface area contributed by atoms with E-state index in [0.717, 1.165) is 115 Å². The zero-order valence-corrected chi connectivity index (χ0v) is 36.9. The molecule has 0 atom stereocenters. The van der Waals surface area contributed by atoms with Crippen LogP contribution >= 0.6 is 0 Å². The average Bonchev–Trinajstić information content (AvgIpc) is 3.99. The zero-order chi connectivity index (χ0) is 44.1. The maximum Gasteiger partial charge on any atom is 0.321 e. The van der Waals surface area contributed by atoms with Crippen LogP contribution < -0.4 is 25.3 Å². The van der Waals surface area contributed by atoms with E-state index in [-0.39, 0.29) is 17.3 Å². The number of hydrogen-bond acceptors (Lipinski definition) is 11. The van der Waals surface area contributed by atoms with Gasteiger partial charge in [-0.2, -0.15) is 4.98 Å². The first kappa shape index (κ1) is 43.1. The van der Waals surface area contributed by atoms with E-state index in [4.69, 9.17) is 4.52 Å². The highest BCUT2D eigenvalue weighted by molar-refractivity contribution is 5.95. The van der Waals surface area contributed by atoms with E-state index in [2.05, 4.69) is 99.0 Å². The summed E-state index contributed by atoms with van der Waals surface area (Å²) in [5.74, 6) is 0.718. The van der Waals surface area contributed by atoms with Crippen LogP contribution in [-0.4, -0.2) is 108 Å². The number of H-pyrrole nitrogens is 1. The number of nitrogens with zero attached hydrogens (tertiary/aromatic N) is 8. The molecule has 63 heavy (non-hydrogen) atoms. The van der Waals surface area contributed by atoms with Gasteiger partial charge >= 0.3 is 17.8 Å². The molecule has 2 fully saturated rings. The molecule has 0 unspecified atom stereocenters. The Kier molecular flexibility index (Phi) is 12.8. The topological polar surface area (TPSA) is 169 Å². The van der Waals surface area contributed by atoms with Crippen molar-refractivity contribution in [3.8, 4) is 22.5 Å². The fourth-order valence-electron chi connectivity index (χ4n) is 8.53. The van der Waals surface area contributed by atoms with E-state index in [1.165, 1.54) is 11.4 Å². The number of fused-ring (bicyclic) bond motifs is 1. The maximum atomic E-state index is 12.7. The van der Waals surface area contributed by atoms with Crippen molar-refractivity contribution in [1.29, 1.82) is 0 Å². The van der Waals surface area contributed by atoms with Crippen LogP contribution in [0, 0.1) is 12.8 Å². The van der Waals surface area contributed by atoms with Crippen molar-refractivity contribution in [2.75, 3.05) is 74.1 Å². The Labute approximate surface area is 368 Å². The number of carbonyl (C=O) groups excluding carboxylic acids is 3. The summed E-state index contributed by atoms with van der Waals surface area (Å²) in [7, 11) is 1.60. The molecule has 3 aromatic heterocycles. The normalized spacial score (nSPS) is 15.1. The summed E-state index contributed by atoms with van der Waals surface area (Å²) in [5, 5.41) is 10.5. The molecule has 15 nitrogen and oxygen atoms in total. The molecule has 3 N–H and O–H groups in total. The van der Waals surface area contributed by atoms with Gasteiger partial charge in [-0.3, -0.25) is 14.6 Å². The van der Waals surface area contributed by atoms with Crippen LogP contribution in [0.3, 0.4) is 0 Å². The summed E-state index contributed by atoms with van der Waals surface area (Å²) < 4.78 is 5.20. The van der Waals surface area contributed by atoms with E-state index >= 15 is 0 Å². The van der Waals surface area contributed by atoms with E-state index in [0.29, 0.717) is 31.3 Å². The van der Waals surface area contributed by atoms with Gasteiger partial charge in [-0.15, -0.1) is 0 Å². The number of benzene rings is 3. The predicted octanol–water partition coefficient (Wildman–Crippen LogP) is 6.98. The number of anilines is 3. The van der Waals surface area contributed by atoms with Crippen molar-refractivity contribution in [2.45, 2.75) is 58.9 Å². The second kappa shape index (κ2) is 18.8. The van der Waals surface area contributed by atoms with Crippen LogP contribution in [0.5, 0.6) is 0 Å². The molecule has 6 aromatic rings. The number of hydrogen-bond donors (Lipinski definition) is 3. The van der Waals surface area contributed by atoms with Crippen LogP contribution in [0.15, 0.2) is 83.6 Å². The molecule has 15 heteroatoms. The largest absolute Gasteiger partial charge is 0.372 e. The minimum absolute atomic E-state index is 0.0431. The lowest BCUT2D eigenvalue weighted by atomic mass is 9.95. The second-order valence-corrected chi connectivity index (χ2v) is 17.6. The van der Waals surface area contributed by atoms with Crippen molar-refractivity contribution < 1.29 is 18.9 Å².